The van der Waals surface area contributed by atoms with Crippen LogP contribution in [0.5, 0.6) is 0 Å². The Kier molecular flexibility index (Phi) is 6.09. The summed E-state index contributed by atoms with van der Waals surface area (Å²) in [6.07, 6.45) is 0. The zero-order valence-corrected chi connectivity index (χ0v) is 25.8. The van der Waals surface area contributed by atoms with Gasteiger partial charge in [0.1, 0.15) is 11.2 Å². The van der Waals surface area contributed by atoms with E-state index in [0.29, 0.717) is 0 Å². The smallest absolute Gasteiger partial charge is 0.171 e. The molecular formula is C42H28NO2P. The molecule has 7 aromatic carbocycles. The second-order valence-corrected chi connectivity index (χ2v) is 14.4. The van der Waals surface area contributed by atoms with E-state index in [0.717, 1.165) is 54.7 Å². The van der Waals surface area contributed by atoms with E-state index in [2.05, 4.69) is 89.5 Å². The van der Waals surface area contributed by atoms with Crippen molar-refractivity contribution >= 4 is 66.8 Å². The van der Waals surface area contributed by atoms with Gasteiger partial charge in [-0.2, -0.15) is 0 Å². The van der Waals surface area contributed by atoms with E-state index >= 15 is 4.57 Å². The largest absolute Gasteiger partial charge is 0.456 e. The van der Waals surface area contributed by atoms with E-state index in [1.54, 1.807) is 0 Å². The molecule has 0 unspecified atom stereocenters. The molecule has 0 N–H and O–H groups in total. The van der Waals surface area contributed by atoms with Crippen LogP contribution in [0.3, 0.4) is 0 Å². The number of hydrogen-bond donors (Lipinski definition) is 0. The molecule has 4 heteroatoms. The van der Waals surface area contributed by atoms with Crippen LogP contribution in [0.2, 0.25) is 0 Å². The summed E-state index contributed by atoms with van der Waals surface area (Å²) in [5.74, 6) is 0. The van der Waals surface area contributed by atoms with E-state index < -0.39 is 7.14 Å². The topological polar surface area (TPSA) is 35.1 Å². The molecule has 46 heavy (non-hydrogen) atoms. The van der Waals surface area contributed by atoms with Crippen molar-refractivity contribution in [2.24, 2.45) is 0 Å². The molecule has 0 fully saturated rings. The number of hydrogen-bond acceptors (Lipinski definition) is 2. The van der Waals surface area contributed by atoms with Crippen LogP contribution >= 0.6 is 7.14 Å². The third-order valence-corrected chi connectivity index (χ3v) is 12.2. The van der Waals surface area contributed by atoms with Crippen LogP contribution in [0.1, 0.15) is 0 Å². The average molecular weight is 610 g/mol. The van der Waals surface area contributed by atoms with Crippen LogP contribution in [0.25, 0.3) is 60.6 Å². The van der Waals surface area contributed by atoms with Crippen LogP contribution in [0, 0.1) is 0 Å². The maximum atomic E-state index is 15.4. The van der Waals surface area contributed by atoms with Crippen molar-refractivity contribution in [3.63, 3.8) is 0 Å². The lowest BCUT2D eigenvalue weighted by Gasteiger charge is -2.23. The summed E-state index contributed by atoms with van der Waals surface area (Å²) in [5, 5.41) is 7.00. The number of furan rings is 1. The number of rotatable bonds is 5. The highest BCUT2D eigenvalue weighted by Crippen LogP contribution is 2.46. The first kappa shape index (κ1) is 26.7. The molecule has 0 amide bonds. The van der Waals surface area contributed by atoms with Gasteiger partial charge in [0.2, 0.25) is 0 Å². The minimum atomic E-state index is -3.19. The fraction of sp³-hybridized carbons (Fsp3) is 0. The number of fused-ring (bicyclic) bond motifs is 6. The Labute approximate surface area is 266 Å². The van der Waals surface area contributed by atoms with Gasteiger partial charge in [-0.15, -0.1) is 0 Å². The lowest BCUT2D eigenvalue weighted by Crippen LogP contribution is -2.26. The predicted molar refractivity (Wildman–Crippen MR) is 193 cm³/mol. The van der Waals surface area contributed by atoms with Gasteiger partial charge < -0.3 is 13.5 Å². The van der Waals surface area contributed by atoms with Crippen molar-refractivity contribution < 1.29 is 8.98 Å². The Bertz CT molecular complexity index is 2520. The highest BCUT2D eigenvalue weighted by Gasteiger charge is 2.32. The summed E-state index contributed by atoms with van der Waals surface area (Å²) in [6, 6.07) is 57.7. The average Bonchev–Trinajstić information content (AvgIpc) is 3.67. The van der Waals surface area contributed by atoms with Gasteiger partial charge in [0, 0.05) is 43.1 Å². The first-order chi connectivity index (χ1) is 22.7. The first-order valence-electron chi connectivity index (χ1n) is 15.5. The van der Waals surface area contributed by atoms with Gasteiger partial charge in [0.25, 0.3) is 0 Å². The summed E-state index contributed by atoms with van der Waals surface area (Å²) in [5.41, 5.74) is 7.03. The minimum Gasteiger partial charge on any atom is -0.456 e. The zero-order chi connectivity index (χ0) is 30.7. The van der Waals surface area contributed by atoms with Gasteiger partial charge in [-0.25, -0.2) is 0 Å². The molecule has 3 nitrogen and oxygen atoms in total. The molecule has 0 atom stereocenters. The van der Waals surface area contributed by atoms with Gasteiger partial charge in [-0.05, 0) is 53.6 Å². The van der Waals surface area contributed by atoms with E-state index in [1.165, 1.54) is 21.8 Å². The van der Waals surface area contributed by atoms with E-state index in [4.69, 9.17) is 4.42 Å². The molecule has 0 aliphatic carbocycles. The monoisotopic (exact) mass is 609 g/mol. The van der Waals surface area contributed by atoms with Crippen molar-refractivity contribution in [1.82, 2.24) is 4.57 Å². The van der Waals surface area contributed by atoms with Crippen molar-refractivity contribution in [3.8, 4) is 16.8 Å². The highest BCUT2D eigenvalue weighted by molar-refractivity contribution is 7.85. The molecule has 0 aliphatic heterocycles. The van der Waals surface area contributed by atoms with E-state index in [9.17, 15) is 0 Å². The van der Waals surface area contributed by atoms with Crippen molar-refractivity contribution in [2.45, 2.75) is 0 Å². The van der Waals surface area contributed by atoms with Crippen LogP contribution in [0.4, 0.5) is 0 Å². The van der Waals surface area contributed by atoms with E-state index in [-0.39, 0.29) is 0 Å². The summed E-state index contributed by atoms with van der Waals surface area (Å²) in [4.78, 5) is 0. The van der Waals surface area contributed by atoms with Crippen molar-refractivity contribution in [1.29, 1.82) is 0 Å². The van der Waals surface area contributed by atoms with Crippen LogP contribution in [-0.2, 0) is 4.57 Å². The standard InChI is InChI=1S/C42H28NO2P/c44-46(31-13-3-1-4-14-31,32-15-5-2-6-16-32)42-22-12-9-17-33(42)29-23-25-40-36(27-29)37-28-30(24-26-41(37)45-40)43-38-20-10-7-18-34(38)35-19-8-11-21-39(35)43/h1-28H. The summed E-state index contributed by atoms with van der Waals surface area (Å²) < 4.78 is 24.1. The first-order valence-corrected chi connectivity index (χ1v) is 17.2. The van der Waals surface area contributed by atoms with Crippen LogP contribution in [-0.4, -0.2) is 4.57 Å². The Morgan fingerprint density at radius 2 is 0.978 bits per heavy atom. The quantitative estimate of drug-likeness (QED) is 0.182. The molecule has 9 aromatic rings. The Hall–Kier alpha value is -5.63. The SMILES string of the molecule is O=P(c1ccccc1)(c1ccccc1)c1ccccc1-c1ccc2oc3ccc(-n4c5ccccc5c5ccccc54)cc3c2c1. The maximum Gasteiger partial charge on any atom is 0.171 e. The van der Waals surface area contributed by atoms with Crippen LogP contribution < -0.4 is 15.9 Å². The second kappa shape index (κ2) is 10.5. The number of aromatic nitrogens is 1. The van der Waals surface area contributed by atoms with Gasteiger partial charge in [-0.1, -0.05) is 127 Å². The molecule has 0 spiro atoms. The Morgan fingerprint density at radius 3 is 1.63 bits per heavy atom. The molecule has 0 aliphatic rings. The van der Waals surface area contributed by atoms with Gasteiger partial charge in [-0.3, -0.25) is 0 Å². The maximum absolute atomic E-state index is 15.4. The third kappa shape index (κ3) is 4.03. The highest BCUT2D eigenvalue weighted by atomic mass is 31.2. The van der Waals surface area contributed by atoms with Gasteiger partial charge in [0.15, 0.2) is 7.14 Å². The predicted octanol–water partition coefficient (Wildman–Crippen LogP) is 9.99. The van der Waals surface area contributed by atoms with E-state index in [1.807, 2.05) is 84.9 Å². The third-order valence-electron chi connectivity index (χ3n) is 9.08. The lowest BCUT2D eigenvalue weighted by atomic mass is 10.0. The van der Waals surface area contributed by atoms with Gasteiger partial charge in [0.05, 0.1) is 11.0 Å². The Morgan fingerprint density at radius 1 is 0.457 bits per heavy atom. The summed E-state index contributed by atoms with van der Waals surface area (Å²) in [7, 11) is -3.19. The lowest BCUT2D eigenvalue weighted by molar-refractivity contribution is 0.592. The number of nitrogens with zero attached hydrogens (tertiary/aromatic N) is 1. The molecule has 218 valence electrons. The molecule has 0 saturated carbocycles. The molecule has 0 radical (unpaired) electrons. The Balaban J connectivity index is 1.26. The normalized spacial score (nSPS) is 12.0. The fourth-order valence-corrected chi connectivity index (χ4v) is 9.85. The molecule has 0 bridgehead atoms. The fourth-order valence-electron chi connectivity index (χ4n) is 6.97. The molecule has 9 rings (SSSR count). The summed E-state index contributed by atoms with van der Waals surface area (Å²) in [6.45, 7) is 0. The van der Waals surface area contributed by atoms with Crippen molar-refractivity contribution in [3.05, 3.63) is 170 Å². The van der Waals surface area contributed by atoms with Gasteiger partial charge >= 0.3 is 0 Å². The van der Waals surface area contributed by atoms with Crippen molar-refractivity contribution in [2.75, 3.05) is 0 Å². The molecular weight excluding hydrogens is 581 g/mol. The zero-order valence-electron chi connectivity index (χ0n) is 24.9. The second-order valence-electron chi connectivity index (χ2n) is 11.7. The van der Waals surface area contributed by atoms with Crippen LogP contribution in [0.15, 0.2) is 174 Å². The molecule has 2 aromatic heterocycles. The number of benzene rings is 7. The minimum absolute atomic E-state index is 0.819. The summed E-state index contributed by atoms with van der Waals surface area (Å²) >= 11 is 0. The molecule has 0 saturated heterocycles. The molecule has 2 heterocycles. The number of para-hydroxylation sites is 2.